The number of anilines is 1. The zero-order chi connectivity index (χ0) is 32.5. The van der Waals surface area contributed by atoms with Crippen molar-refractivity contribution in [1.29, 1.82) is 0 Å². The van der Waals surface area contributed by atoms with Gasteiger partial charge in [-0.15, -0.1) is 0 Å². The molecule has 244 valence electrons. The molecule has 44 heavy (non-hydrogen) atoms. The summed E-state index contributed by atoms with van der Waals surface area (Å²) in [4.78, 5) is 39.8. The van der Waals surface area contributed by atoms with Crippen molar-refractivity contribution < 1.29 is 24.2 Å². The first-order chi connectivity index (χ1) is 21.1. The highest BCUT2D eigenvalue weighted by atomic mass is 35.5. The predicted molar refractivity (Wildman–Crippen MR) is 180 cm³/mol. The van der Waals surface area contributed by atoms with Gasteiger partial charge in [-0.05, 0) is 81.0 Å². The first-order valence-electron chi connectivity index (χ1n) is 16.5. The van der Waals surface area contributed by atoms with E-state index in [0.29, 0.717) is 31.8 Å². The van der Waals surface area contributed by atoms with Gasteiger partial charge in [0.25, 0.3) is 5.91 Å². The molecule has 8 heteroatoms. The summed E-state index contributed by atoms with van der Waals surface area (Å²) in [6, 6.07) is 7.23. The summed E-state index contributed by atoms with van der Waals surface area (Å²) in [6.07, 6.45) is 12.6. The third-order valence-electron chi connectivity index (χ3n) is 7.99. The van der Waals surface area contributed by atoms with Crippen LogP contribution >= 0.6 is 11.6 Å². The van der Waals surface area contributed by atoms with Gasteiger partial charge in [-0.1, -0.05) is 82.4 Å². The number of aryl methyl sites for hydroxylation is 2. The number of hydrogen-bond donors (Lipinski definition) is 2. The van der Waals surface area contributed by atoms with Crippen molar-refractivity contribution >= 4 is 35.1 Å². The summed E-state index contributed by atoms with van der Waals surface area (Å²) >= 11 is 6.34. The minimum absolute atomic E-state index is 0.0219. The highest BCUT2D eigenvalue weighted by molar-refractivity contribution is 6.32. The van der Waals surface area contributed by atoms with Gasteiger partial charge in [0.15, 0.2) is 0 Å². The summed E-state index contributed by atoms with van der Waals surface area (Å²) in [7, 11) is 0. The average molecular weight is 629 g/mol. The van der Waals surface area contributed by atoms with Crippen LogP contribution in [0.25, 0.3) is 0 Å². The van der Waals surface area contributed by atoms with Crippen molar-refractivity contribution in [1.82, 2.24) is 4.90 Å². The van der Waals surface area contributed by atoms with Gasteiger partial charge >= 0.3 is 5.97 Å². The van der Waals surface area contributed by atoms with E-state index in [4.69, 9.17) is 16.3 Å². The molecular weight excluding hydrogens is 576 g/mol. The standard InChI is InChI=1S/C36H53ClN2O5/c1-6-9-10-11-12-13-14-15-16-17-20-44-34(41)19-18-33(40)38-32-22-26(4)21-27(5)29(32)23-28-24-30(35(42)31(37)25-28)36(43)39(7-2)8-3/h21-22,24-25,42H,6-20,23H2,1-5H3,(H,38,40). The van der Waals surface area contributed by atoms with Crippen LogP contribution in [0.5, 0.6) is 5.75 Å². The zero-order valence-electron chi connectivity index (χ0n) is 27.5. The Morgan fingerprint density at radius 1 is 0.841 bits per heavy atom. The number of hydrogen-bond acceptors (Lipinski definition) is 5. The van der Waals surface area contributed by atoms with Crippen molar-refractivity contribution in [3.63, 3.8) is 0 Å². The van der Waals surface area contributed by atoms with Crippen LogP contribution in [0.15, 0.2) is 24.3 Å². The van der Waals surface area contributed by atoms with Crippen LogP contribution in [-0.2, 0) is 20.7 Å². The van der Waals surface area contributed by atoms with E-state index in [1.165, 1.54) is 44.9 Å². The van der Waals surface area contributed by atoms with Crippen molar-refractivity contribution in [2.45, 2.75) is 118 Å². The van der Waals surface area contributed by atoms with Crippen LogP contribution in [0.3, 0.4) is 0 Å². The van der Waals surface area contributed by atoms with Crippen LogP contribution in [0, 0.1) is 13.8 Å². The highest BCUT2D eigenvalue weighted by Crippen LogP contribution is 2.33. The molecule has 2 rings (SSSR count). The van der Waals surface area contributed by atoms with E-state index in [1.54, 1.807) is 17.0 Å². The fourth-order valence-corrected chi connectivity index (χ4v) is 5.67. The van der Waals surface area contributed by atoms with E-state index >= 15 is 0 Å². The Balaban J connectivity index is 1.91. The fraction of sp³-hybridized carbons (Fsp3) is 0.583. The number of nitrogens with zero attached hydrogens (tertiary/aromatic N) is 1. The van der Waals surface area contributed by atoms with Crippen molar-refractivity contribution in [3.8, 4) is 5.75 Å². The molecule has 0 unspecified atom stereocenters. The van der Waals surface area contributed by atoms with Crippen LogP contribution in [0.4, 0.5) is 5.69 Å². The van der Waals surface area contributed by atoms with E-state index in [1.807, 2.05) is 39.8 Å². The molecule has 2 N–H and O–H groups in total. The highest BCUT2D eigenvalue weighted by Gasteiger charge is 2.21. The monoisotopic (exact) mass is 628 g/mol. The Bertz CT molecular complexity index is 1230. The van der Waals surface area contributed by atoms with Gasteiger partial charge in [-0.3, -0.25) is 14.4 Å². The van der Waals surface area contributed by atoms with Gasteiger partial charge in [-0.2, -0.15) is 0 Å². The Hall–Kier alpha value is -3.06. The molecule has 0 saturated carbocycles. The molecule has 0 heterocycles. The van der Waals surface area contributed by atoms with Gasteiger partial charge in [0.05, 0.1) is 23.6 Å². The number of esters is 1. The number of carbonyl (C=O) groups excluding carboxylic acids is 3. The summed E-state index contributed by atoms with van der Waals surface area (Å²) < 4.78 is 5.36. The molecule has 0 fully saturated rings. The molecular formula is C36H53ClN2O5. The lowest BCUT2D eigenvalue weighted by Crippen LogP contribution is -2.30. The lowest BCUT2D eigenvalue weighted by Gasteiger charge is -2.20. The van der Waals surface area contributed by atoms with Gasteiger partial charge in [0.1, 0.15) is 5.75 Å². The van der Waals surface area contributed by atoms with Gasteiger partial charge in [-0.25, -0.2) is 0 Å². The number of phenols is 1. The Morgan fingerprint density at radius 2 is 1.45 bits per heavy atom. The number of amides is 2. The van der Waals surface area contributed by atoms with E-state index in [-0.39, 0.29) is 47.0 Å². The first-order valence-corrected chi connectivity index (χ1v) is 16.8. The molecule has 0 atom stereocenters. The van der Waals surface area contributed by atoms with Gasteiger partial charge in [0.2, 0.25) is 5.91 Å². The molecule has 0 spiro atoms. The minimum atomic E-state index is -0.360. The number of halogens is 1. The van der Waals surface area contributed by atoms with Crippen LogP contribution in [-0.4, -0.2) is 47.5 Å². The van der Waals surface area contributed by atoms with Crippen molar-refractivity contribution in [2.24, 2.45) is 0 Å². The number of benzene rings is 2. The van der Waals surface area contributed by atoms with Crippen molar-refractivity contribution in [2.75, 3.05) is 25.0 Å². The van der Waals surface area contributed by atoms with E-state index in [9.17, 15) is 19.5 Å². The Kier molecular flexibility index (Phi) is 16.9. The van der Waals surface area contributed by atoms with Crippen LogP contribution in [0.1, 0.15) is 130 Å². The Morgan fingerprint density at radius 3 is 2.07 bits per heavy atom. The molecule has 0 aliphatic carbocycles. The lowest BCUT2D eigenvalue weighted by molar-refractivity contribution is -0.144. The zero-order valence-corrected chi connectivity index (χ0v) is 28.3. The van der Waals surface area contributed by atoms with E-state index < -0.39 is 0 Å². The second kappa shape index (κ2) is 20.1. The minimum Gasteiger partial charge on any atom is -0.506 e. The SMILES string of the molecule is CCCCCCCCCCCCOC(=O)CCC(=O)Nc1cc(C)cc(C)c1Cc1cc(Cl)c(O)c(C(=O)N(CC)CC)c1. The second-order valence-electron chi connectivity index (χ2n) is 11.7. The van der Waals surface area contributed by atoms with Gasteiger partial charge in [0, 0.05) is 25.2 Å². The van der Waals surface area contributed by atoms with Gasteiger partial charge < -0.3 is 20.1 Å². The summed E-state index contributed by atoms with van der Waals surface area (Å²) in [5.41, 5.74) is 4.36. The molecule has 2 aromatic carbocycles. The van der Waals surface area contributed by atoms with E-state index in [0.717, 1.165) is 41.5 Å². The summed E-state index contributed by atoms with van der Waals surface area (Å²) in [6.45, 7) is 11.3. The third-order valence-corrected chi connectivity index (χ3v) is 8.28. The molecule has 0 saturated heterocycles. The maximum atomic E-state index is 13.0. The topological polar surface area (TPSA) is 95.9 Å². The molecule has 0 aromatic heterocycles. The second-order valence-corrected chi connectivity index (χ2v) is 12.1. The third kappa shape index (κ3) is 12.5. The molecule has 2 amide bonds. The summed E-state index contributed by atoms with van der Waals surface area (Å²) in [5.74, 6) is -1.15. The number of rotatable bonds is 20. The smallest absolute Gasteiger partial charge is 0.306 e. The molecule has 7 nitrogen and oxygen atoms in total. The lowest BCUT2D eigenvalue weighted by atomic mass is 9.95. The molecule has 0 aliphatic heterocycles. The number of aromatic hydroxyl groups is 1. The quantitative estimate of drug-likeness (QED) is 0.113. The van der Waals surface area contributed by atoms with Crippen molar-refractivity contribution in [3.05, 3.63) is 57.1 Å². The fourth-order valence-electron chi connectivity index (χ4n) is 5.43. The maximum Gasteiger partial charge on any atom is 0.306 e. The van der Waals surface area contributed by atoms with Crippen LogP contribution in [0.2, 0.25) is 5.02 Å². The average Bonchev–Trinajstić information content (AvgIpc) is 2.98. The number of phenolic OH excluding ortho intramolecular Hbond substituents is 1. The van der Waals surface area contributed by atoms with Crippen LogP contribution < -0.4 is 5.32 Å². The van der Waals surface area contributed by atoms with E-state index in [2.05, 4.69) is 12.2 Å². The number of carbonyl (C=O) groups is 3. The summed E-state index contributed by atoms with van der Waals surface area (Å²) in [5, 5.41) is 13.6. The maximum absolute atomic E-state index is 13.0. The molecule has 0 aliphatic rings. The number of ether oxygens (including phenoxy) is 1. The number of unbranched alkanes of at least 4 members (excludes halogenated alkanes) is 9. The predicted octanol–water partition coefficient (Wildman–Crippen LogP) is 8.92. The first kappa shape index (κ1) is 37.1. The number of nitrogens with one attached hydrogen (secondary N) is 1. The molecule has 0 bridgehead atoms. The Labute approximate surface area is 269 Å². The largest absolute Gasteiger partial charge is 0.506 e. The molecule has 0 radical (unpaired) electrons. The molecule has 2 aromatic rings. The normalized spacial score (nSPS) is 11.0.